The molecule has 1 amide bonds. The summed E-state index contributed by atoms with van der Waals surface area (Å²) in [5.74, 6) is 0.641. The average molecular weight is 178 g/mol. The zero-order valence-corrected chi connectivity index (χ0v) is 8.22. The molecule has 0 aliphatic rings. The molecule has 0 aliphatic heterocycles. The number of rotatable bonds is 2. The fraction of sp³-hybridized carbons (Fsp3) is 0.400. The van der Waals surface area contributed by atoms with Gasteiger partial charge in [-0.2, -0.15) is 0 Å². The summed E-state index contributed by atoms with van der Waals surface area (Å²) in [6, 6.07) is 3.84. The summed E-state index contributed by atoms with van der Waals surface area (Å²) in [7, 11) is 0. The second-order valence-electron chi connectivity index (χ2n) is 3.07. The zero-order chi connectivity index (χ0) is 9.84. The zero-order valence-electron chi connectivity index (χ0n) is 8.22. The predicted molar refractivity (Wildman–Crippen MR) is 52.6 cm³/mol. The van der Waals surface area contributed by atoms with Crippen molar-refractivity contribution in [1.82, 2.24) is 4.98 Å². The van der Waals surface area contributed by atoms with Crippen LogP contribution in [0.15, 0.2) is 12.1 Å². The summed E-state index contributed by atoms with van der Waals surface area (Å²) in [6.45, 7) is 5.71. The monoisotopic (exact) mass is 178 g/mol. The molecule has 0 unspecified atom stereocenters. The second kappa shape index (κ2) is 4.03. The molecular weight excluding hydrogens is 164 g/mol. The average Bonchev–Trinajstić information content (AvgIpc) is 2.02. The molecular formula is C10H14N2O. The maximum atomic E-state index is 11.1. The van der Waals surface area contributed by atoms with Gasteiger partial charge in [0.1, 0.15) is 5.82 Å². The highest BCUT2D eigenvalue weighted by Gasteiger charge is 2.00. The minimum absolute atomic E-state index is 0.00231. The highest BCUT2D eigenvalue weighted by atomic mass is 16.1. The number of aryl methyl sites for hydroxylation is 2. The number of hydrogen-bond acceptors (Lipinski definition) is 2. The van der Waals surface area contributed by atoms with Gasteiger partial charge in [-0.1, -0.05) is 6.92 Å². The molecule has 70 valence electrons. The Kier molecular flexibility index (Phi) is 3.01. The molecule has 0 spiro atoms. The van der Waals surface area contributed by atoms with Crippen LogP contribution in [0.4, 0.5) is 5.82 Å². The first kappa shape index (κ1) is 9.71. The number of nitrogens with zero attached hydrogens (tertiary/aromatic N) is 1. The Morgan fingerprint density at radius 2 is 2.15 bits per heavy atom. The van der Waals surface area contributed by atoms with Crippen LogP contribution in [0.25, 0.3) is 0 Å². The van der Waals surface area contributed by atoms with Crippen molar-refractivity contribution in [2.75, 3.05) is 5.32 Å². The lowest BCUT2D eigenvalue weighted by atomic mass is 10.2. The van der Waals surface area contributed by atoms with Crippen LogP contribution in [0.3, 0.4) is 0 Å². The van der Waals surface area contributed by atoms with Gasteiger partial charge in [-0.3, -0.25) is 4.79 Å². The summed E-state index contributed by atoms with van der Waals surface area (Å²) < 4.78 is 0. The normalized spacial score (nSPS) is 9.77. The van der Waals surface area contributed by atoms with Crippen LogP contribution >= 0.6 is 0 Å². The number of nitrogens with one attached hydrogen (secondary N) is 1. The quantitative estimate of drug-likeness (QED) is 0.753. The molecule has 0 aromatic carbocycles. The van der Waals surface area contributed by atoms with Gasteiger partial charge in [0.2, 0.25) is 5.91 Å². The molecule has 3 nitrogen and oxygen atoms in total. The maximum absolute atomic E-state index is 11.1. The second-order valence-corrected chi connectivity index (χ2v) is 3.07. The van der Waals surface area contributed by atoms with E-state index in [9.17, 15) is 4.79 Å². The van der Waals surface area contributed by atoms with Crippen LogP contribution in [0.2, 0.25) is 0 Å². The molecule has 1 heterocycles. The first-order chi connectivity index (χ1) is 6.11. The van der Waals surface area contributed by atoms with E-state index < -0.39 is 0 Å². The van der Waals surface area contributed by atoms with Crippen LogP contribution in [-0.4, -0.2) is 10.9 Å². The summed E-state index contributed by atoms with van der Waals surface area (Å²) in [4.78, 5) is 15.2. The Hall–Kier alpha value is -1.38. The van der Waals surface area contributed by atoms with Crippen LogP contribution in [0.5, 0.6) is 0 Å². The van der Waals surface area contributed by atoms with E-state index in [1.165, 1.54) is 0 Å². The third-order valence-corrected chi connectivity index (χ3v) is 1.69. The fourth-order valence-electron chi connectivity index (χ4n) is 1.14. The van der Waals surface area contributed by atoms with Crippen molar-refractivity contribution in [1.29, 1.82) is 0 Å². The Labute approximate surface area is 78.2 Å². The number of hydrogen-bond donors (Lipinski definition) is 1. The first-order valence-corrected chi connectivity index (χ1v) is 4.37. The molecule has 3 heteroatoms. The molecule has 13 heavy (non-hydrogen) atoms. The highest BCUT2D eigenvalue weighted by Crippen LogP contribution is 2.08. The summed E-state index contributed by atoms with van der Waals surface area (Å²) in [5.41, 5.74) is 2.03. The van der Waals surface area contributed by atoms with Gasteiger partial charge >= 0.3 is 0 Å². The third-order valence-electron chi connectivity index (χ3n) is 1.69. The lowest BCUT2D eigenvalue weighted by molar-refractivity contribution is -0.115. The van der Waals surface area contributed by atoms with Crippen molar-refractivity contribution in [3.8, 4) is 0 Å². The molecule has 0 radical (unpaired) electrons. The van der Waals surface area contributed by atoms with Crippen LogP contribution in [0, 0.1) is 13.8 Å². The summed E-state index contributed by atoms with van der Waals surface area (Å²) >= 11 is 0. The standard InChI is InChI=1S/C10H14N2O/c1-4-10(13)12-9-6-7(2)5-8(3)11-9/h5-6H,4H2,1-3H3,(H,11,12,13). The van der Waals surface area contributed by atoms with E-state index in [0.29, 0.717) is 12.2 Å². The van der Waals surface area contributed by atoms with Gasteiger partial charge in [0.05, 0.1) is 0 Å². The van der Waals surface area contributed by atoms with Crippen LogP contribution in [0.1, 0.15) is 24.6 Å². The Morgan fingerprint density at radius 3 is 2.69 bits per heavy atom. The van der Waals surface area contributed by atoms with E-state index in [1.54, 1.807) is 0 Å². The summed E-state index contributed by atoms with van der Waals surface area (Å²) in [5, 5.41) is 2.72. The van der Waals surface area contributed by atoms with Gasteiger partial charge in [-0.15, -0.1) is 0 Å². The van der Waals surface area contributed by atoms with Crippen molar-refractivity contribution in [3.05, 3.63) is 23.4 Å². The lowest BCUT2D eigenvalue weighted by Gasteiger charge is -2.04. The minimum atomic E-state index is -0.00231. The van der Waals surface area contributed by atoms with Gasteiger partial charge in [0.15, 0.2) is 0 Å². The van der Waals surface area contributed by atoms with E-state index in [2.05, 4.69) is 10.3 Å². The molecule has 0 atom stereocenters. The van der Waals surface area contributed by atoms with E-state index in [1.807, 2.05) is 32.9 Å². The van der Waals surface area contributed by atoms with E-state index >= 15 is 0 Å². The van der Waals surface area contributed by atoms with Crippen molar-refractivity contribution in [3.63, 3.8) is 0 Å². The van der Waals surface area contributed by atoms with E-state index in [0.717, 1.165) is 11.3 Å². The van der Waals surface area contributed by atoms with Gasteiger partial charge in [-0.05, 0) is 31.5 Å². The third kappa shape index (κ3) is 2.86. The molecule has 0 saturated carbocycles. The molecule has 1 N–H and O–H groups in total. The number of pyridine rings is 1. The number of aromatic nitrogens is 1. The van der Waals surface area contributed by atoms with Crippen molar-refractivity contribution in [2.45, 2.75) is 27.2 Å². The lowest BCUT2D eigenvalue weighted by Crippen LogP contribution is -2.11. The van der Waals surface area contributed by atoms with E-state index in [-0.39, 0.29) is 5.91 Å². The van der Waals surface area contributed by atoms with Crippen LogP contribution in [-0.2, 0) is 4.79 Å². The van der Waals surface area contributed by atoms with Crippen molar-refractivity contribution < 1.29 is 4.79 Å². The van der Waals surface area contributed by atoms with Crippen molar-refractivity contribution >= 4 is 11.7 Å². The van der Waals surface area contributed by atoms with E-state index in [4.69, 9.17) is 0 Å². The largest absolute Gasteiger partial charge is 0.311 e. The predicted octanol–water partition coefficient (Wildman–Crippen LogP) is 2.05. The maximum Gasteiger partial charge on any atom is 0.225 e. The van der Waals surface area contributed by atoms with Gasteiger partial charge in [-0.25, -0.2) is 4.98 Å². The number of carbonyl (C=O) groups is 1. The van der Waals surface area contributed by atoms with Crippen LogP contribution < -0.4 is 5.32 Å². The molecule has 1 rings (SSSR count). The number of carbonyl (C=O) groups excluding carboxylic acids is 1. The minimum Gasteiger partial charge on any atom is -0.311 e. The fourth-order valence-corrected chi connectivity index (χ4v) is 1.14. The van der Waals surface area contributed by atoms with Gasteiger partial charge in [0.25, 0.3) is 0 Å². The topological polar surface area (TPSA) is 42.0 Å². The van der Waals surface area contributed by atoms with Gasteiger partial charge < -0.3 is 5.32 Å². The number of anilines is 1. The molecule has 0 aliphatic carbocycles. The van der Waals surface area contributed by atoms with Crippen molar-refractivity contribution in [2.24, 2.45) is 0 Å². The Bertz CT molecular complexity index is 300. The smallest absolute Gasteiger partial charge is 0.225 e. The molecule has 0 bridgehead atoms. The Morgan fingerprint density at radius 1 is 1.46 bits per heavy atom. The first-order valence-electron chi connectivity index (χ1n) is 4.37. The number of amides is 1. The Balaban J connectivity index is 2.83. The molecule has 0 saturated heterocycles. The molecule has 0 fully saturated rings. The molecule has 1 aromatic heterocycles. The molecule has 1 aromatic rings. The summed E-state index contributed by atoms with van der Waals surface area (Å²) in [6.07, 6.45) is 0.481. The van der Waals surface area contributed by atoms with Gasteiger partial charge in [0, 0.05) is 12.1 Å². The highest BCUT2D eigenvalue weighted by molar-refractivity contribution is 5.89. The SMILES string of the molecule is CCC(=O)Nc1cc(C)cc(C)n1.